The summed E-state index contributed by atoms with van der Waals surface area (Å²) in [6.45, 7) is 0.162. The highest BCUT2D eigenvalue weighted by molar-refractivity contribution is 5.81. The molecule has 17 heavy (non-hydrogen) atoms. The van der Waals surface area contributed by atoms with Crippen LogP contribution in [0.5, 0.6) is 0 Å². The first kappa shape index (κ1) is 9.60. The number of allylic oxidation sites excluding steroid dienone is 1. The Bertz CT molecular complexity index is 818. The molecule has 82 valence electrons. The highest BCUT2D eigenvalue weighted by Crippen LogP contribution is 2.10. The third-order valence-electron chi connectivity index (χ3n) is 2.83. The number of fused-ring (bicyclic) bond motifs is 2. The number of rotatable bonds is 0. The van der Waals surface area contributed by atoms with E-state index in [1.165, 1.54) is 15.6 Å². The molecule has 0 N–H and O–H groups in total. The van der Waals surface area contributed by atoms with Crippen LogP contribution in [0, 0.1) is 11.3 Å². The van der Waals surface area contributed by atoms with Crippen LogP contribution in [-0.2, 0) is 6.54 Å². The fourth-order valence-corrected chi connectivity index (χ4v) is 2.02. The molecule has 5 heteroatoms. The largest absolute Gasteiger partial charge is 0.277 e. The van der Waals surface area contributed by atoms with E-state index in [-0.39, 0.29) is 17.7 Å². The molecule has 0 saturated carbocycles. The molecule has 0 unspecified atom stereocenters. The van der Waals surface area contributed by atoms with Gasteiger partial charge in [0.1, 0.15) is 0 Å². The van der Waals surface area contributed by atoms with Gasteiger partial charge in [-0.3, -0.25) is 9.59 Å². The predicted molar refractivity (Wildman–Crippen MR) is 62.4 cm³/mol. The summed E-state index contributed by atoms with van der Waals surface area (Å²) < 4.78 is 2.49. The van der Waals surface area contributed by atoms with Crippen molar-refractivity contribution in [3.63, 3.8) is 0 Å². The van der Waals surface area contributed by atoms with Gasteiger partial charge in [0.15, 0.2) is 0 Å². The third-order valence-corrected chi connectivity index (χ3v) is 2.83. The van der Waals surface area contributed by atoms with Gasteiger partial charge in [0.2, 0.25) is 0 Å². The van der Waals surface area contributed by atoms with Gasteiger partial charge in [-0.2, -0.15) is 5.26 Å². The molecule has 5 nitrogen and oxygen atoms in total. The molecular weight excluding hydrogens is 218 g/mol. The summed E-state index contributed by atoms with van der Waals surface area (Å²) in [5, 5.41) is 9.58. The second-order valence-electron chi connectivity index (χ2n) is 3.82. The zero-order chi connectivity index (χ0) is 12.0. The monoisotopic (exact) mass is 225 g/mol. The average Bonchev–Trinajstić information content (AvgIpc) is 2.80. The number of benzene rings is 1. The summed E-state index contributed by atoms with van der Waals surface area (Å²) in [7, 11) is 0. The fraction of sp³-hybridized carbons (Fsp3) is 0.0833. The molecule has 2 aromatic rings. The summed E-state index contributed by atoms with van der Waals surface area (Å²) >= 11 is 0. The maximum Gasteiger partial charge on any atom is 0.277 e. The Kier molecular flexibility index (Phi) is 1.80. The van der Waals surface area contributed by atoms with Crippen molar-refractivity contribution in [1.29, 1.82) is 5.26 Å². The molecule has 0 radical (unpaired) electrons. The maximum atomic E-state index is 12.1. The van der Waals surface area contributed by atoms with E-state index in [0.29, 0.717) is 16.3 Å². The van der Waals surface area contributed by atoms with Crippen LogP contribution in [0.3, 0.4) is 0 Å². The van der Waals surface area contributed by atoms with Crippen molar-refractivity contribution in [2.45, 2.75) is 6.54 Å². The number of hydrogen-bond donors (Lipinski definition) is 0. The molecule has 1 aromatic carbocycles. The molecule has 0 aliphatic carbocycles. The smallest absolute Gasteiger partial charge is 0.267 e. The normalized spacial score (nSPS) is 13.2. The molecule has 1 aromatic heterocycles. The van der Waals surface area contributed by atoms with Crippen LogP contribution < -0.4 is 11.1 Å². The molecule has 1 aliphatic heterocycles. The molecule has 0 saturated heterocycles. The van der Waals surface area contributed by atoms with Gasteiger partial charge in [-0.25, -0.2) is 9.36 Å². The second kappa shape index (κ2) is 3.19. The van der Waals surface area contributed by atoms with Crippen molar-refractivity contribution in [2.24, 2.45) is 0 Å². The van der Waals surface area contributed by atoms with E-state index < -0.39 is 0 Å². The van der Waals surface area contributed by atoms with Gasteiger partial charge in [-0.1, -0.05) is 12.1 Å². The Morgan fingerprint density at radius 1 is 1.12 bits per heavy atom. The van der Waals surface area contributed by atoms with Gasteiger partial charge < -0.3 is 0 Å². The Balaban J connectivity index is 2.53. The molecule has 0 bridgehead atoms. The topological polar surface area (TPSA) is 67.8 Å². The minimum absolute atomic E-state index is 0.162. The summed E-state index contributed by atoms with van der Waals surface area (Å²) in [6, 6.07) is 8.63. The van der Waals surface area contributed by atoms with Gasteiger partial charge in [0, 0.05) is 6.20 Å². The fourth-order valence-electron chi connectivity index (χ4n) is 2.02. The van der Waals surface area contributed by atoms with Crippen molar-refractivity contribution in [1.82, 2.24) is 9.36 Å². The zero-order valence-electron chi connectivity index (χ0n) is 8.75. The van der Waals surface area contributed by atoms with Gasteiger partial charge >= 0.3 is 0 Å². The zero-order valence-corrected chi connectivity index (χ0v) is 8.75. The predicted octanol–water partition coefficient (Wildman–Crippen LogP) is 0.541. The van der Waals surface area contributed by atoms with Gasteiger partial charge in [0.25, 0.3) is 11.1 Å². The average molecular weight is 225 g/mol. The molecule has 0 amide bonds. The second-order valence-corrected chi connectivity index (χ2v) is 3.82. The number of nitriles is 1. The lowest BCUT2D eigenvalue weighted by molar-refractivity contribution is 0.609. The Morgan fingerprint density at radius 2 is 1.76 bits per heavy atom. The molecule has 2 heterocycles. The van der Waals surface area contributed by atoms with E-state index in [4.69, 9.17) is 5.26 Å². The standard InChI is InChI=1S/C12H7N3O2/c13-5-8-6-14-11(16)9-3-1-2-4-10(9)12(17)15(14)7-8/h1-4,6H,7H2. The number of nitrogens with zero attached hydrogens (tertiary/aromatic N) is 3. The van der Waals surface area contributed by atoms with Crippen LogP contribution in [0.1, 0.15) is 0 Å². The van der Waals surface area contributed by atoms with Crippen molar-refractivity contribution < 1.29 is 0 Å². The quantitative estimate of drug-likeness (QED) is 0.657. The van der Waals surface area contributed by atoms with Gasteiger partial charge in [-0.15, -0.1) is 0 Å². The summed E-state index contributed by atoms with van der Waals surface area (Å²) in [5.41, 5.74) is -0.119. The van der Waals surface area contributed by atoms with Crippen LogP contribution >= 0.6 is 0 Å². The number of aromatic nitrogens is 2. The van der Waals surface area contributed by atoms with Crippen LogP contribution in [0.15, 0.2) is 39.4 Å². The molecule has 0 spiro atoms. The summed E-state index contributed by atoms with van der Waals surface area (Å²) in [6.07, 6.45) is 1.41. The van der Waals surface area contributed by atoms with Gasteiger partial charge in [0.05, 0.1) is 29.0 Å². The Labute approximate surface area is 95.4 Å². The molecule has 1 aliphatic rings. The van der Waals surface area contributed by atoms with Crippen LogP contribution in [0.25, 0.3) is 17.0 Å². The lowest BCUT2D eigenvalue weighted by Gasteiger charge is -2.06. The molecular formula is C12H7N3O2. The summed E-state index contributed by atoms with van der Waals surface area (Å²) in [5.74, 6) is 0. The minimum atomic E-state index is -0.273. The first-order valence-corrected chi connectivity index (χ1v) is 5.07. The molecule has 0 fully saturated rings. The highest BCUT2D eigenvalue weighted by Gasteiger charge is 2.17. The van der Waals surface area contributed by atoms with E-state index in [9.17, 15) is 9.59 Å². The Hall–Kier alpha value is -2.61. The lowest BCUT2D eigenvalue weighted by atomic mass is 10.2. The van der Waals surface area contributed by atoms with Gasteiger partial charge in [-0.05, 0) is 12.1 Å². The van der Waals surface area contributed by atoms with Crippen molar-refractivity contribution >= 4 is 17.0 Å². The van der Waals surface area contributed by atoms with E-state index in [2.05, 4.69) is 0 Å². The van der Waals surface area contributed by atoms with E-state index in [1.54, 1.807) is 24.3 Å². The minimum Gasteiger partial charge on any atom is -0.267 e. The van der Waals surface area contributed by atoms with Crippen LogP contribution in [0.2, 0.25) is 0 Å². The first-order chi connectivity index (χ1) is 8.22. The van der Waals surface area contributed by atoms with E-state index in [0.717, 1.165) is 0 Å². The lowest BCUT2D eigenvalue weighted by Crippen LogP contribution is -2.33. The SMILES string of the molecule is N#CC1=Cn2c(=O)c3ccccc3c(=O)n2C1. The highest BCUT2D eigenvalue weighted by atomic mass is 16.2. The number of hydrogen-bond acceptors (Lipinski definition) is 3. The maximum absolute atomic E-state index is 12.1. The first-order valence-electron chi connectivity index (χ1n) is 5.07. The van der Waals surface area contributed by atoms with Crippen molar-refractivity contribution in [3.8, 4) is 6.07 Å². The van der Waals surface area contributed by atoms with Crippen molar-refractivity contribution in [2.75, 3.05) is 0 Å². The van der Waals surface area contributed by atoms with Crippen molar-refractivity contribution in [3.05, 3.63) is 50.5 Å². The molecule has 0 atom stereocenters. The third kappa shape index (κ3) is 1.18. The van der Waals surface area contributed by atoms with Crippen LogP contribution in [-0.4, -0.2) is 9.36 Å². The molecule has 3 rings (SSSR count). The Morgan fingerprint density at radius 3 is 2.41 bits per heavy atom. The summed E-state index contributed by atoms with van der Waals surface area (Å²) in [4.78, 5) is 24.2. The van der Waals surface area contributed by atoms with Crippen LogP contribution in [0.4, 0.5) is 0 Å². The van der Waals surface area contributed by atoms with E-state index in [1.807, 2.05) is 6.07 Å². The van der Waals surface area contributed by atoms with E-state index >= 15 is 0 Å².